The van der Waals surface area contributed by atoms with E-state index in [0.29, 0.717) is 11.5 Å². The Labute approximate surface area is 115 Å². The standard InChI is InChI=1S/C15H13NO4/c1-10-6-8-11(9-7-10)20-13-5-3-2-4-12(13)14(16-19)15(17)18/h2-9,14H,1H3,(H,17,18). The number of hydrogen-bond acceptors (Lipinski definition) is 4. The molecular weight excluding hydrogens is 258 g/mol. The highest BCUT2D eigenvalue weighted by molar-refractivity contribution is 5.76. The first-order valence-electron chi connectivity index (χ1n) is 6.00. The molecule has 5 heteroatoms. The Morgan fingerprint density at radius 1 is 1.15 bits per heavy atom. The first-order valence-corrected chi connectivity index (χ1v) is 6.00. The molecular formula is C15H13NO4. The Bertz CT molecular complexity index is 622. The normalized spacial score (nSPS) is 11.7. The van der Waals surface area contributed by atoms with E-state index in [1.54, 1.807) is 30.3 Å². The van der Waals surface area contributed by atoms with Crippen molar-refractivity contribution >= 4 is 5.97 Å². The van der Waals surface area contributed by atoms with Gasteiger partial charge in [-0.1, -0.05) is 35.9 Å². The largest absolute Gasteiger partial charge is 0.479 e. The molecule has 20 heavy (non-hydrogen) atoms. The summed E-state index contributed by atoms with van der Waals surface area (Å²) in [4.78, 5) is 21.7. The topological polar surface area (TPSA) is 76.0 Å². The first-order chi connectivity index (χ1) is 9.61. The van der Waals surface area contributed by atoms with Crippen molar-refractivity contribution in [2.45, 2.75) is 13.0 Å². The van der Waals surface area contributed by atoms with Crippen LogP contribution in [-0.4, -0.2) is 11.1 Å². The number of carboxylic acids is 1. The number of aryl methyl sites for hydroxylation is 1. The number of nitroso groups, excluding NO2 is 1. The molecule has 0 aliphatic carbocycles. The average Bonchev–Trinajstić information content (AvgIpc) is 2.43. The number of benzene rings is 2. The second-order valence-electron chi connectivity index (χ2n) is 4.30. The van der Waals surface area contributed by atoms with Gasteiger partial charge in [0.15, 0.2) is 0 Å². The number of rotatable bonds is 5. The van der Waals surface area contributed by atoms with Crippen LogP contribution < -0.4 is 4.74 Å². The molecule has 0 amide bonds. The van der Waals surface area contributed by atoms with Crippen LogP contribution in [-0.2, 0) is 4.79 Å². The van der Waals surface area contributed by atoms with Crippen LogP contribution in [0.4, 0.5) is 0 Å². The summed E-state index contributed by atoms with van der Waals surface area (Å²) in [5.74, 6) is -0.429. The van der Waals surface area contributed by atoms with E-state index in [9.17, 15) is 9.70 Å². The van der Waals surface area contributed by atoms with E-state index in [1.165, 1.54) is 6.07 Å². The molecule has 0 fully saturated rings. The highest BCUT2D eigenvalue weighted by Gasteiger charge is 2.24. The third-order valence-corrected chi connectivity index (χ3v) is 2.80. The predicted octanol–water partition coefficient (Wildman–Crippen LogP) is 3.68. The fourth-order valence-electron chi connectivity index (χ4n) is 1.77. The summed E-state index contributed by atoms with van der Waals surface area (Å²) in [6.07, 6.45) is 0. The van der Waals surface area contributed by atoms with Crippen LogP contribution in [0.3, 0.4) is 0 Å². The maximum atomic E-state index is 11.0. The Morgan fingerprint density at radius 2 is 1.80 bits per heavy atom. The summed E-state index contributed by atoms with van der Waals surface area (Å²) in [6.45, 7) is 1.95. The van der Waals surface area contributed by atoms with Crippen LogP contribution in [0.1, 0.15) is 17.2 Å². The van der Waals surface area contributed by atoms with E-state index in [0.717, 1.165) is 5.56 Å². The van der Waals surface area contributed by atoms with Crippen molar-refractivity contribution in [3.8, 4) is 11.5 Å². The Kier molecular flexibility index (Phi) is 4.10. The van der Waals surface area contributed by atoms with Gasteiger partial charge in [-0.3, -0.25) is 0 Å². The highest BCUT2D eigenvalue weighted by Crippen LogP contribution is 2.31. The van der Waals surface area contributed by atoms with Crippen molar-refractivity contribution in [2.75, 3.05) is 0 Å². The molecule has 1 atom stereocenters. The Hall–Kier alpha value is -2.69. The van der Waals surface area contributed by atoms with Crippen molar-refractivity contribution in [1.29, 1.82) is 0 Å². The quantitative estimate of drug-likeness (QED) is 0.841. The molecule has 2 aromatic rings. The zero-order valence-electron chi connectivity index (χ0n) is 10.8. The van der Waals surface area contributed by atoms with E-state index in [1.807, 2.05) is 19.1 Å². The molecule has 2 rings (SSSR count). The summed E-state index contributed by atoms with van der Waals surface area (Å²) in [5, 5.41) is 11.6. The lowest BCUT2D eigenvalue weighted by molar-refractivity contribution is -0.138. The fraction of sp³-hybridized carbons (Fsp3) is 0.133. The molecule has 0 saturated carbocycles. The van der Waals surface area contributed by atoms with E-state index in [4.69, 9.17) is 9.84 Å². The molecule has 0 aliphatic heterocycles. The predicted molar refractivity (Wildman–Crippen MR) is 73.9 cm³/mol. The molecule has 0 spiro atoms. The van der Waals surface area contributed by atoms with Gasteiger partial charge in [0.25, 0.3) is 0 Å². The number of nitrogens with zero attached hydrogens (tertiary/aromatic N) is 1. The van der Waals surface area contributed by atoms with Gasteiger partial charge in [0.1, 0.15) is 11.5 Å². The Balaban J connectivity index is 2.34. The summed E-state index contributed by atoms with van der Waals surface area (Å²) < 4.78 is 5.64. The van der Waals surface area contributed by atoms with Crippen molar-refractivity contribution < 1.29 is 14.6 Å². The summed E-state index contributed by atoms with van der Waals surface area (Å²) in [7, 11) is 0. The summed E-state index contributed by atoms with van der Waals surface area (Å²) in [5.41, 5.74) is 1.32. The van der Waals surface area contributed by atoms with Crippen molar-refractivity contribution in [3.63, 3.8) is 0 Å². The van der Waals surface area contributed by atoms with Gasteiger partial charge in [-0.2, -0.15) is 0 Å². The summed E-state index contributed by atoms with van der Waals surface area (Å²) >= 11 is 0. The monoisotopic (exact) mass is 271 g/mol. The van der Waals surface area contributed by atoms with E-state index in [2.05, 4.69) is 5.18 Å². The lowest BCUT2D eigenvalue weighted by atomic mass is 10.1. The lowest BCUT2D eigenvalue weighted by Crippen LogP contribution is -2.09. The van der Waals surface area contributed by atoms with Crippen molar-refractivity contribution in [2.24, 2.45) is 5.18 Å². The molecule has 5 nitrogen and oxygen atoms in total. The second-order valence-corrected chi connectivity index (χ2v) is 4.30. The van der Waals surface area contributed by atoms with E-state index >= 15 is 0 Å². The minimum absolute atomic E-state index is 0.232. The zero-order chi connectivity index (χ0) is 14.5. The molecule has 0 aromatic heterocycles. The van der Waals surface area contributed by atoms with Crippen LogP contribution in [0.15, 0.2) is 53.7 Å². The fourth-order valence-corrected chi connectivity index (χ4v) is 1.77. The minimum Gasteiger partial charge on any atom is -0.479 e. The van der Waals surface area contributed by atoms with Crippen LogP contribution in [0.25, 0.3) is 0 Å². The molecule has 0 saturated heterocycles. The van der Waals surface area contributed by atoms with Crippen LogP contribution in [0, 0.1) is 11.8 Å². The molecule has 0 heterocycles. The minimum atomic E-state index is -1.48. The SMILES string of the molecule is Cc1ccc(Oc2ccccc2C(N=O)C(=O)O)cc1. The average molecular weight is 271 g/mol. The summed E-state index contributed by atoms with van der Waals surface area (Å²) in [6, 6.07) is 12.3. The maximum Gasteiger partial charge on any atom is 0.336 e. The number of carbonyl (C=O) groups is 1. The number of ether oxygens (including phenoxy) is 1. The van der Waals surface area contributed by atoms with Gasteiger partial charge in [0, 0.05) is 5.56 Å². The Morgan fingerprint density at radius 3 is 2.40 bits per heavy atom. The van der Waals surface area contributed by atoms with Gasteiger partial charge in [0.05, 0.1) is 0 Å². The third-order valence-electron chi connectivity index (χ3n) is 2.80. The van der Waals surface area contributed by atoms with Crippen LogP contribution in [0.2, 0.25) is 0 Å². The highest BCUT2D eigenvalue weighted by atomic mass is 16.5. The molecule has 102 valence electrons. The van der Waals surface area contributed by atoms with Crippen molar-refractivity contribution in [3.05, 3.63) is 64.6 Å². The molecule has 0 bridgehead atoms. The van der Waals surface area contributed by atoms with E-state index < -0.39 is 12.0 Å². The lowest BCUT2D eigenvalue weighted by Gasteiger charge is -2.12. The number of aliphatic carboxylic acids is 1. The molecule has 1 unspecified atom stereocenters. The molecule has 0 radical (unpaired) electrons. The smallest absolute Gasteiger partial charge is 0.336 e. The van der Waals surface area contributed by atoms with Gasteiger partial charge in [-0.25, -0.2) is 4.79 Å². The van der Waals surface area contributed by atoms with Gasteiger partial charge >= 0.3 is 5.97 Å². The second kappa shape index (κ2) is 5.97. The van der Waals surface area contributed by atoms with Crippen LogP contribution in [0.5, 0.6) is 11.5 Å². The maximum absolute atomic E-state index is 11.0. The third kappa shape index (κ3) is 3.00. The number of hydrogen-bond donors (Lipinski definition) is 1. The zero-order valence-corrected chi connectivity index (χ0v) is 10.8. The number of para-hydroxylation sites is 1. The van der Waals surface area contributed by atoms with Gasteiger partial charge in [-0.15, -0.1) is 4.91 Å². The number of carboxylic acid groups (broad SMARTS) is 1. The van der Waals surface area contributed by atoms with Crippen molar-refractivity contribution in [1.82, 2.24) is 0 Å². The van der Waals surface area contributed by atoms with Gasteiger partial charge in [-0.05, 0) is 30.3 Å². The molecule has 1 N–H and O–H groups in total. The molecule has 2 aromatic carbocycles. The van der Waals surface area contributed by atoms with Gasteiger partial charge < -0.3 is 9.84 Å². The van der Waals surface area contributed by atoms with Crippen LogP contribution >= 0.6 is 0 Å². The first kappa shape index (κ1) is 13.7. The van der Waals surface area contributed by atoms with Gasteiger partial charge in [0.2, 0.25) is 6.04 Å². The van der Waals surface area contributed by atoms with E-state index in [-0.39, 0.29) is 5.56 Å². The molecule has 0 aliphatic rings.